The van der Waals surface area contributed by atoms with E-state index in [0.717, 1.165) is 12.0 Å². The van der Waals surface area contributed by atoms with Gasteiger partial charge in [-0.2, -0.15) is 0 Å². The molecule has 2 amide bonds. The summed E-state index contributed by atoms with van der Waals surface area (Å²) >= 11 is 0. The van der Waals surface area contributed by atoms with Crippen molar-refractivity contribution in [3.05, 3.63) is 35.9 Å². The number of carboxylic acids is 1. The molecule has 1 unspecified atom stereocenters. The third kappa shape index (κ3) is 5.59. The van der Waals surface area contributed by atoms with Crippen LogP contribution in [-0.2, 0) is 20.8 Å². The van der Waals surface area contributed by atoms with Gasteiger partial charge in [-0.3, -0.25) is 14.4 Å². The van der Waals surface area contributed by atoms with Gasteiger partial charge in [0.05, 0.1) is 12.3 Å². The predicted molar refractivity (Wildman–Crippen MR) is 94.0 cm³/mol. The highest BCUT2D eigenvalue weighted by molar-refractivity contribution is 5.84. The van der Waals surface area contributed by atoms with E-state index in [1.165, 1.54) is 4.90 Å². The largest absolute Gasteiger partial charge is 0.480 e. The molecule has 0 spiro atoms. The third-order valence-corrected chi connectivity index (χ3v) is 4.45. The van der Waals surface area contributed by atoms with Gasteiger partial charge in [-0.1, -0.05) is 37.3 Å². The number of nitrogens with zero attached hydrogens (tertiary/aromatic N) is 2. The van der Waals surface area contributed by atoms with E-state index in [4.69, 9.17) is 5.11 Å². The Balaban J connectivity index is 1.97. The van der Waals surface area contributed by atoms with Crippen molar-refractivity contribution in [3.8, 4) is 0 Å². The number of hydrogen-bond acceptors (Lipinski definition) is 3. The molecule has 1 aliphatic rings. The van der Waals surface area contributed by atoms with Gasteiger partial charge in [0, 0.05) is 19.6 Å². The first-order valence-electron chi connectivity index (χ1n) is 8.83. The van der Waals surface area contributed by atoms with Crippen LogP contribution in [0.1, 0.15) is 31.7 Å². The van der Waals surface area contributed by atoms with E-state index >= 15 is 0 Å². The summed E-state index contributed by atoms with van der Waals surface area (Å²) in [5.41, 5.74) is 0.958. The number of hydrogen-bond donors (Lipinski definition) is 1. The molecule has 0 bridgehead atoms. The first kappa shape index (κ1) is 19.0. The molecule has 1 atom stereocenters. The number of aliphatic carboxylic acids is 1. The highest BCUT2D eigenvalue weighted by atomic mass is 16.4. The van der Waals surface area contributed by atoms with Crippen LogP contribution < -0.4 is 0 Å². The molecule has 1 N–H and O–H groups in total. The second-order valence-corrected chi connectivity index (χ2v) is 6.49. The maximum Gasteiger partial charge on any atom is 0.323 e. The number of benzene rings is 1. The van der Waals surface area contributed by atoms with Gasteiger partial charge in [0.1, 0.15) is 6.54 Å². The van der Waals surface area contributed by atoms with E-state index in [9.17, 15) is 14.4 Å². The molecule has 0 aromatic heterocycles. The van der Waals surface area contributed by atoms with Crippen molar-refractivity contribution in [1.29, 1.82) is 0 Å². The number of likely N-dealkylation sites (tertiary alicyclic amines) is 1. The Morgan fingerprint density at radius 1 is 1.24 bits per heavy atom. The minimum Gasteiger partial charge on any atom is -0.480 e. The van der Waals surface area contributed by atoms with Crippen LogP contribution in [0.2, 0.25) is 0 Å². The number of carbonyl (C=O) groups is 3. The third-order valence-electron chi connectivity index (χ3n) is 4.45. The summed E-state index contributed by atoms with van der Waals surface area (Å²) in [5.74, 6) is -1.44. The molecule has 1 heterocycles. The smallest absolute Gasteiger partial charge is 0.323 e. The monoisotopic (exact) mass is 346 g/mol. The Labute approximate surface area is 148 Å². The second-order valence-electron chi connectivity index (χ2n) is 6.49. The Kier molecular flexibility index (Phi) is 6.98. The molecule has 0 aliphatic carbocycles. The molecule has 1 aromatic carbocycles. The van der Waals surface area contributed by atoms with Gasteiger partial charge in [0.15, 0.2) is 0 Å². The molecule has 0 saturated carbocycles. The summed E-state index contributed by atoms with van der Waals surface area (Å²) < 4.78 is 0. The van der Waals surface area contributed by atoms with Crippen LogP contribution in [0.5, 0.6) is 0 Å². The summed E-state index contributed by atoms with van der Waals surface area (Å²) in [6, 6.07) is 9.55. The zero-order chi connectivity index (χ0) is 18.2. The summed E-state index contributed by atoms with van der Waals surface area (Å²) in [5, 5.41) is 9.00. The molecule has 6 heteroatoms. The molecule has 6 nitrogen and oxygen atoms in total. The van der Waals surface area contributed by atoms with E-state index in [1.807, 2.05) is 37.3 Å². The lowest BCUT2D eigenvalue weighted by Gasteiger charge is -2.34. The topological polar surface area (TPSA) is 77.9 Å². The Morgan fingerprint density at radius 2 is 1.96 bits per heavy atom. The molecule has 1 fully saturated rings. The zero-order valence-corrected chi connectivity index (χ0v) is 14.7. The minimum atomic E-state index is -1.00. The van der Waals surface area contributed by atoms with Gasteiger partial charge in [-0.25, -0.2) is 0 Å². The SMILES string of the molecule is CCCN(CC(=O)O)C(=O)C1CCCN(C(=O)Cc2ccccc2)C1. The van der Waals surface area contributed by atoms with Crippen LogP contribution in [0, 0.1) is 5.92 Å². The highest BCUT2D eigenvalue weighted by Crippen LogP contribution is 2.20. The summed E-state index contributed by atoms with van der Waals surface area (Å²) in [6.45, 7) is 3.10. The van der Waals surface area contributed by atoms with Crippen LogP contribution >= 0.6 is 0 Å². The van der Waals surface area contributed by atoms with Crippen molar-refractivity contribution in [1.82, 2.24) is 9.80 Å². The molecule has 1 saturated heterocycles. The van der Waals surface area contributed by atoms with E-state index in [-0.39, 0.29) is 24.3 Å². The molecule has 25 heavy (non-hydrogen) atoms. The molecule has 0 radical (unpaired) electrons. The number of piperidine rings is 1. The van der Waals surface area contributed by atoms with Gasteiger partial charge >= 0.3 is 5.97 Å². The average molecular weight is 346 g/mol. The normalized spacial score (nSPS) is 17.2. The van der Waals surface area contributed by atoms with E-state index in [1.54, 1.807) is 4.90 Å². The van der Waals surface area contributed by atoms with Crippen LogP contribution in [0.3, 0.4) is 0 Å². The lowest BCUT2D eigenvalue weighted by Crippen LogP contribution is -2.48. The molecule has 2 rings (SSSR count). The van der Waals surface area contributed by atoms with E-state index in [0.29, 0.717) is 38.9 Å². The maximum atomic E-state index is 12.7. The summed E-state index contributed by atoms with van der Waals surface area (Å²) in [7, 11) is 0. The summed E-state index contributed by atoms with van der Waals surface area (Å²) in [6.07, 6.45) is 2.51. The summed E-state index contributed by atoms with van der Waals surface area (Å²) in [4.78, 5) is 39.3. The maximum absolute atomic E-state index is 12.7. The molecule has 1 aliphatic heterocycles. The molecule has 136 valence electrons. The van der Waals surface area contributed by atoms with Gasteiger partial charge in [0.25, 0.3) is 0 Å². The number of carboxylic acid groups (broad SMARTS) is 1. The van der Waals surface area contributed by atoms with Crippen LogP contribution in [0.4, 0.5) is 0 Å². The fourth-order valence-electron chi connectivity index (χ4n) is 3.25. The van der Waals surface area contributed by atoms with Gasteiger partial charge in [0.2, 0.25) is 11.8 Å². The standard InChI is InChI=1S/C19H26N2O4/c1-2-10-21(14-18(23)24)19(25)16-9-6-11-20(13-16)17(22)12-15-7-4-3-5-8-15/h3-5,7-8,16H,2,6,9-14H2,1H3,(H,23,24). The first-order chi connectivity index (χ1) is 12.0. The predicted octanol–water partition coefficient (Wildman–Crippen LogP) is 1.79. The lowest BCUT2D eigenvalue weighted by atomic mass is 9.95. The number of carbonyl (C=O) groups excluding carboxylic acids is 2. The minimum absolute atomic E-state index is 0.0176. The fourth-order valence-corrected chi connectivity index (χ4v) is 3.25. The van der Waals surface area contributed by atoms with Crippen molar-refractivity contribution in [3.63, 3.8) is 0 Å². The van der Waals surface area contributed by atoms with Gasteiger partial charge in [-0.05, 0) is 24.8 Å². The van der Waals surface area contributed by atoms with Crippen LogP contribution in [-0.4, -0.2) is 58.9 Å². The van der Waals surface area contributed by atoms with Crippen LogP contribution in [0.15, 0.2) is 30.3 Å². The van der Waals surface area contributed by atoms with Crippen molar-refractivity contribution < 1.29 is 19.5 Å². The van der Waals surface area contributed by atoms with Gasteiger partial charge in [-0.15, -0.1) is 0 Å². The van der Waals surface area contributed by atoms with Crippen molar-refractivity contribution in [2.75, 3.05) is 26.2 Å². The molecule has 1 aromatic rings. The fraction of sp³-hybridized carbons (Fsp3) is 0.526. The zero-order valence-electron chi connectivity index (χ0n) is 14.7. The van der Waals surface area contributed by atoms with Crippen molar-refractivity contribution >= 4 is 17.8 Å². The van der Waals surface area contributed by atoms with Crippen molar-refractivity contribution in [2.24, 2.45) is 5.92 Å². The second kappa shape index (κ2) is 9.20. The van der Waals surface area contributed by atoms with E-state index < -0.39 is 5.97 Å². The van der Waals surface area contributed by atoms with Gasteiger partial charge < -0.3 is 14.9 Å². The lowest BCUT2D eigenvalue weighted by molar-refractivity contribution is -0.148. The highest BCUT2D eigenvalue weighted by Gasteiger charge is 2.31. The number of amides is 2. The Bertz CT molecular complexity index is 603. The first-order valence-corrected chi connectivity index (χ1v) is 8.83. The van der Waals surface area contributed by atoms with Crippen molar-refractivity contribution in [2.45, 2.75) is 32.6 Å². The van der Waals surface area contributed by atoms with Crippen LogP contribution in [0.25, 0.3) is 0 Å². The number of rotatable bonds is 7. The Hall–Kier alpha value is -2.37. The molecular formula is C19H26N2O4. The Morgan fingerprint density at radius 3 is 2.60 bits per heavy atom. The average Bonchev–Trinajstić information content (AvgIpc) is 2.61. The quantitative estimate of drug-likeness (QED) is 0.816. The molecular weight excluding hydrogens is 320 g/mol. The van der Waals surface area contributed by atoms with E-state index in [2.05, 4.69) is 0 Å².